The molecule has 0 radical (unpaired) electrons. The molecule has 0 bridgehead atoms. The highest BCUT2D eigenvalue weighted by molar-refractivity contribution is 5.85. The summed E-state index contributed by atoms with van der Waals surface area (Å²) in [5, 5.41) is 9.67. The van der Waals surface area contributed by atoms with E-state index in [0.717, 1.165) is 0 Å². The zero-order valence-electron chi connectivity index (χ0n) is 13.7. The third-order valence-electron chi connectivity index (χ3n) is 1.27. The summed E-state index contributed by atoms with van der Waals surface area (Å²) in [6.07, 6.45) is -1.23. The van der Waals surface area contributed by atoms with Crippen LogP contribution in [0.4, 0.5) is 10.5 Å². The standard InChI is InChI=1S/C11H15NO3/c1-11(2,3)15-10(13)12(14)9-7-5-4-6-8-9/h4-8,14H,1-3H3/i4D,5D,6D,7D,8D. The highest BCUT2D eigenvalue weighted by Gasteiger charge is 2.21. The zero-order valence-corrected chi connectivity index (χ0v) is 8.71. The number of rotatable bonds is 1. The first kappa shape index (κ1) is 6.12. The number of benzene rings is 1. The molecule has 15 heavy (non-hydrogen) atoms. The first-order valence-electron chi connectivity index (χ1n) is 6.76. The summed E-state index contributed by atoms with van der Waals surface area (Å²) < 4.78 is 42.4. The monoisotopic (exact) mass is 214 g/mol. The molecule has 0 aliphatic heterocycles. The van der Waals surface area contributed by atoms with E-state index < -0.39 is 47.6 Å². The lowest BCUT2D eigenvalue weighted by atomic mass is 10.2. The first-order valence-corrected chi connectivity index (χ1v) is 4.26. The number of nitrogens with zero attached hydrogens (tertiary/aromatic N) is 1. The molecule has 0 saturated carbocycles. The van der Waals surface area contributed by atoms with Crippen LogP contribution in [0.3, 0.4) is 0 Å². The third kappa shape index (κ3) is 3.59. The van der Waals surface area contributed by atoms with E-state index in [0.29, 0.717) is 0 Å². The second kappa shape index (κ2) is 4.31. The Morgan fingerprint density at radius 1 is 1.40 bits per heavy atom. The van der Waals surface area contributed by atoms with Gasteiger partial charge in [-0.3, -0.25) is 5.21 Å². The maximum atomic E-state index is 11.7. The Labute approximate surface area is 96.1 Å². The Balaban J connectivity index is 3.30. The molecule has 1 N–H and O–H groups in total. The van der Waals surface area contributed by atoms with E-state index in [1.54, 1.807) is 20.8 Å². The number of hydroxylamine groups is 1. The molecule has 0 heterocycles. The van der Waals surface area contributed by atoms with Gasteiger partial charge in [-0.25, -0.2) is 4.79 Å². The van der Waals surface area contributed by atoms with Crippen molar-refractivity contribution in [1.82, 2.24) is 0 Å². The quantitative estimate of drug-likeness (QED) is 0.577. The Bertz CT molecular complexity index is 527. The van der Waals surface area contributed by atoms with Gasteiger partial charge in [0.2, 0.25) is 0 Å². The predicted molar refractivity (Wildman–Crippen MR) is 56.9 cm³/mol. The van der Waals surface area contributed by atoms with Gasteiger partial charge in [-0.1, -0.05) is 18.1 Å². The van der Waals surface area contributed by atoms with Crippen molar-refractivity contribution in [2.75, 3.05) is 5.06 Å². The van der Waals surface area contributed by atoms with Crippen LogP contribution in [-0.4, -0.2) is 16.9 Å². The van der Waals surface area contributed by atoms with Crippen LogP contribution in [0.2, 0.25) is 0 Å². The molecule has 0 aromatic heterocycles. The van der Waals surface area contributed by atoms with Gasteiger partial charge >= 0.3 is 6.09 Å². The van der Waals surface area contributed by atoms with Gasteiger partial charge in [-0.2, -0.15) is 5.06 Å². The van der Waals surface area contributed by atoms with Crippen LogP contribution >= 0.6 is 0 Å². The van der Waals surface area contributed by atoms with Gasteiger partial charge in [-0.15, -0.1) is 0 Å². The second-order valence-electron chi connectivity index (χ2n) is 3.77. The van der Waals surface area contributed by atoms with Crippen molar-refractivity contribution < 1.29 is 21.6 Å². The lowest BCUT2D eigenvalue weighted by molar-refractivity contribution is 0.0407. The molecule has 4 nitrogen and oxygen atoms in total. The van der Waals surface area contributed by atoms with Gasteiger partial charge in [-0.05, 0) is 32.9 Å². The fourth-order valence-electron chi connectivity index (χ4n) is 0.746. The lowest BCUT2D eigenvalue weighted by Gasteiger charge is -2.23. The van der Waals surface area contributed by atoms with Crippen molar-refractivity contribution in [3.63, 3.8) is 0 Å². The Morgan fingerprint density at radius 2 is 1.93 bits per heavy atom. The molecule has 0 aliphatic rings. The Morgan fingerprint density at radius 3 is 2.40 bits per heavy atom. The minimum Gasteiger partial charge on any atom is -0.442 e. The number of carbonyl (C=O) groups excluding carboxylic acids is 1. The molecule has 1 aromatic carbocycles. The number of carbonyl (C=O) groups is 1. The highest BCUT2D eigenvalue weighted by Crippen LogP contribution is 2.15. The Kier molecular flexibility index (Phi) is 1.76. The fraction of sp³-hybridized carbons (Fsp3) is 0.364. The van der Waals surface area contributed by atoms with Gasteiger partial charge in [0.25, 0.3) is 0 Å². The maximum Gasteiger partial charge on any atom is 0.439 e. The summed E-state index contributed by atoms with van der Waals surface area (Å²) in [7, 11) is 0. The molecular formula is C11H15NO3. The molecule has 0 atom stereocenters. The normalized spacial score (nSPS) is 15.6. The summed E-state index contributed by atoms with van der Waals surface area (Å²) >= 11 is 0. The number of para-hydroxylation sites is 1. The van der Waals surface area contributed by atoms with Crippen molar-refractivity contribution in [1.29, 1.82) is 0 Å². The summed E-state index contributed by atoms with van der Waals surface area (Å²) in [6, 6.07) is -3.29. The first-order chi connectivity index (χ1) is 8.97. The van der Waals surface area contributed by atoms with E-state index in [4.69, 9.17) is 11.6 Å². The molecule has 1 amide bonds. The molecule has 1 rings (SSSR count). The van der Waals surface area contributed by atoms with Crippen molar-refractivity contribution in [2.45, 2.75) is 26.4 Å². The molecule has 0 spiro atoms. The molecule has 82 valence electrons. The average Bonchev–Trinajstić information content (AvgIpc) is 2.32. The molecule has 0 unspecified atom stereocenters. The fourth-order valence-corrected chi connectivity index (χ4v) is 0.746. The smallest absolute Gasteiger partial charge is 0.439 e. The average molecular weight is 214 g/mol. The Hall–Kier alpha value is -1.55. The van der Waals surface area contributed by atoms with Crippen LogP contribution in [0.25, 0.3) is 0 Å². The zero-order chi connectivity index (χ0) is 15.8. The molecule has 0 saturated heterocycles. The minimum absolute atomic E-state index is 0.0779. The molecule has 0 aliphatic carbocycles. The predicted octanol–water partition coefficient (Wildman–Crippen LogP) is 2.82. The van der Waals surface area contributed by atoms with Crippen molar-refractivity contribution in [3.05, 3.63) is 30.2 Å². The SMILES string of the molecule is [2H]c1c([2H])c([2H])c(N(O)C(=O)OC(C)(C)C)c([2H])c1[2H]. The topological polar surface area (TPSA) is 49.8 Å². The highest BCUT2D eigenvalue weighted by atomic mass is 16.6. The van der Waals surface area contributed by atoms with E-state index in [9.17, 15) is 10.0 Å². The molecule has 1 aromatic rings. The van der Waals surface area contributed by atoms with Crippen molar-refractivity contribution >= 4 is 11.8 Å². The van der Waals surface area contributed by atoms with Crippen LogP contribution < -0.4 is 5.06 Å². The minimum atomic E-state index is -1.23. The number of ether oxygens (including phenoxy) is 1. The van der Waals surface area contributed by atoms with Crippen LogP contribution in [0.1, 0.15) is 27.6 Å². The van der Waals surface area contributed by atoms with Gasteiger partial charge in [0.1, 0.15) is 5.60 Å². The molecule has 4 heteroatoms. The van der Waals surface area contributed by atoms with Gasteiger partial charge in [0.15, 0.2) is 0 Å². The van der Waals surface area contributed by atoms with Crippen LogP contribution in [0.15, 0.2) is 30.2 Å². The number of hydrogen-bond acceptors (Lipinski definition) is 3. The second-order valence-corrected chi connectivity index (χ2v) is 3.77. The maximum absolute atomic E-state index is 11.7. The lowest BCUT2D eigenvalue weighted by Crippen LogP contribution is -2.34. The van der Waals surface area contributed by atoms with Gasteiger partial charge in [0, 0.05) is 0 Å². The van der Waals surface area contributed by atoms with E-state index in [2.05, 4.69) is 0 Å². The van der Waals surface area contributed by atoms with Crippen molar-refractivity contribution in [3.8, 4) is 0 Å². The summed E-state index contributed by atoms with van der Waals surface area (Å²) in [4.78, 5) is 11.7. The summed E-state index contributed by atoms with van der Waals surface area (Å²) in [6.45, 7) is 4.71. The van der Waals surface area contributed by atoms with E-state index in [-0.39, 0.29) is 5.06 Å². The molecule has 0 fully saturated rings. The number of anilines is 1. The molecular weight excluding hydrogens is 194 g/mol. The van der Waals surface area contributed by atoms with E-state index in [1.807, 2.05) is 0 Å². The van der Waals surface area contributed by atoms with Gasteiger partial charge < -0.3 is 4.74 Å². The van der Waals surface area contributed by atoms with Crippen LogP contribution in [-0.2, 0) is 4.74 Å². The van der Waals surface area contributed by atoms with E-state index in [1.165, 1.54) is 0 Å². The summed E-state index contributed by atoms with van der Waals surface area (Å²) in [5.41, 5.74) is -1.55. The number of amides is 1. The van der Waals surface area contributed by atoms with Crippen molar-refractivity contribution in [2.24, 2.45) is 0 Å². The van der Waals surface area contributed by atoms with Crippen LogP contribution in [0, 0.1) is 0 Å². The largest absolute Gasteiger partial charge is 0.442 e. The number of hydrogen-bond donors (Lipinski definition) is 1. The van der Waals surface area contributed by atoms with Crippen LogP contribution in [0.5, 0.6) is 0 Å². The third-order valence-corrected chi connectivity index (χ3v) is 1.27. The van der Waals surface area contributed by atoms with E-state index >= 15 is 0 Å². The van der Waals surface area contributed by atoms with Gasteiger partial charge in [0.05, 0.1) is 12.5 Å². The summed E-state index contributed by atoms with van der Waals surface area (Å²) in [5.74, 6) is 0.